The monoisotopic (exact) mass is 405 g/mol. The summed E-state index contributed by atoms with van der Waals surface area (Å²) in [6.07, 6.45) is 5.62. The second-order valence-corrected chi connectivity index (χ2v) is 7.81. The third-order valence-corrected chi connectivity index (χ3v) is 5.47. The summed E-state index contributed by atoms with van der Waals surface area (Å²) in [4.78, 5) is 0. The lowest BCUT2D eigenvalue weighted by Gasteiger charge is -2.28. The minimum Gasteiger partial charge on any atom is -0.394 e. The molecule has 0 heterocycles. The summed E-state index contributed by atoms with van der Waals surface area (Å²) < 4.78 is 5.77. The zero-order chi connectivity index (χ0) is 20.2. The third kappa shape index (κ3) is 7.90. The van der Waals surface area contributed by atoms with Gasteiger partial charge in [-0.2, -0.15) is 0 Å². The van der Waals surface area contributed by atoms with Crippen LogP contribution in [-0.2, 0) is 24.2 Å². The van der Waals surface area contributed by atoms with Gasteiger partial charge in [0.15, 0.2) is 0 Å². The maximum atomic E-state index is 9.49. The van der Waals surface area contributed by atoms with E-state index in [9.17, 15) is 10.2 Å². The lowest BCUT2D eigenvalue weighted by Crippen LogP contribution is -2.52. The highest BCUT2D eigenvalue weighted by Gasteiger charge is 2.31. The van der Waals surface area contributed by atoms with Gasteiger partial charge >= 0.3 is 0 Å². The number of unbranched alkanes of at least 4 members (excludes halogenated alkanes) is 2. The van der Waals surface area contributed by atoms with E-state index in [4.69, 9.17) is 22.1 Å². The molecule has 2 atom stereocenters. The number of alkyl halides is 1. The summed E-state index contributed by atoms with van der Waals surface area (Å²) in [5, 5.41) is 18.8. The maximum Gasteiger partial charge on any atom is 0.148 e. The molecule has 5 heteroatoms. The van der Waals surface area contributed by atoms with Crippen LogP contribution in [0.5, 0.6) is 0 Å². The van der Waals surface area contributed by atoms with Gasteiger partial charge in [-0.15, -0.1) is 0 Å². The summed E-state index contributed by atoms with van der Waals surface area (Å²) >= 11 is 5.66. The summed E-state index contributed by atoms with van der Waals surface area (Å²) in [5.41, 5.74) is 7.09. The van der Waals surface area contributed by atoms with Crippen LogP contribution in [0.3, 0.4) is 0 Å². The Bertz CT molecular complexity index is 663. The van der Waals surface area contributed by atoms with Crippen LogP contribution in [0.1, 0.15) is 42.4 Å². The Labute approximate surface area is 173 Å². The molecule has 0 aliphatic carbocycles. The van der Waals surface area contributed by atoms with E-state index in [-0.39, 0.29) is 6.61 Å². The van der Waals surface area contributed by atoms with Gasteiger partial charge in [-0.25, -0.2) is 0 Å². The Balaban J connectivity index is 1.59. The van der Waals surface area contributed by atoms with E-state index in [2.05, 4.69) is 30.3 Å². The van der Waals surface area contributed by atoms with Crippen LogP contribution >= 0.6 is 11.6 Å². The zero-order valence-corrected chi connectivity index (χ0v) is 17.2. The van der Waals surface area contributed by atoms with Gasteiger partial charge in [0.2, 0.25) is 0 Å². The molecule has 0 saturated heterocycles. The smallest absolute Gasteiger partial charge is 0.148 e. The number of ether oxygens (including phenoxy) is 1. The highest BCUT2D eigenvalue weighted by molar-refractivity contribution is 6.20. The fourth-order valence-electron chi connectivity index (χ4n) is 3.00. The van der Waals surface area contributed by atoms with Gasteiger partial charge in [0.1, 0.15) is 5.56 Å². The molecule has 0 amide bonds. The number of nitrogens with two attached hydrogens (primary N) is 1. The first-order chi connectivity index (χ1) is 13.5. The van der Waals surface area contributed by atoms with E-state index in [0.717, 1.165) is 30.6 Å². The minimum absolute atomic E-state index is 0.352. The second kappa shape index (κ2) is 12.2. The van der Waals surface area contributed by atoms with Gasteiger partial charge in [-0.1, -0.05) is 72.6 Å². The normalized spacial score (nSPS) is 14.6. The maximum absolute atomic E-state index is 9.49. The van der Waals surface area contributed by atoms with E-state index in [0.29, 0.717) is 19.4 Å². The molecular weight excluding hydrogens is 374 g/mol. The highest BCUT2D eigenvalue weighted by atomic mass is 35.5. The SMILES string of the molecule is NC(CO)(CCc1ccc(COCCCCCc2ccccc2)cc1)C(O)Cl. The molecule has 0 aliphatic rings. The first kappa shape index (κ1) is 22.9. The number of hydrogen-bond acceptors (Lipinski definition) is 4. The summed E-state index contributed by atoms with van der Waals surface area (Å²) in [7, 11) is 0. The number of halogens is 1. The molecule has 28 heavy (non-hydrogen) atoms. The van der Waals surface area contributed by atoms with Crippen molar-refractivity contribution in [3.05, 3.63) is 71.3 Å². The zero-order valence-electron chi connectivity index (χ0n) is 16.4. The Hall–Kier alpha value is -1.43. The van der Waals surface area contributed by atoms with E-state index in [1.165, 1.54) is 18.4 Å². The molecule has 2 aromatic carbocycles. The fraction of sp³-hybridized carbons (Fsp3) is 0.478. The van der Waals surface area contributed by atoms with Crippen LogP contribution in [0.15, 0.2) is 54.6 Å². The average molecular weight is 406 g/mol. The molecule has 2 rings (SSSR count). The Morgan fingerprint density at radius 3 is 2.18 bits per heavy atom. The molecule has 0 aromatic heterocycles. The molecule has 4 nitrogen and oxygen atoms in total. The van der Waals surface area contributed by atoms with Gasteiger partial charge < -0.3 is 20.7 Å². The standard InChI is InChI=1S/C23H32ClNO3/c24-22(27)23(25,18-26)15-14-20-10-12-21(13-11-20)17-28-16-6-2-5-9-19-7-3-1-4-8-19/h1,3-4,7-8,10-13,22,26-27H,2,5-6,9,14-18,25H2. The molecule has 154 valence electrons. The van der Waals surface area contributed by atoms with Crippen molar-refractivity contribution in [2.45, 2.75) is 56.2 Å². The molecule has 0 bridgehead atoms. The molecule has 0 spiro atoms. The third-order valence-electron chi connectivity index (χ3n) is 5.04. The Kier molecular flexibility index (Phi) is 9.96. The van der Waals surface area contributed by atoms with Gasteiger partial charge in [-0.05, 0) is 48.8 Å². The van der Waals surface area contributed by atoms with Gasteiger partial charge in [0.25, 0.3) is 0 Å². The van der Waals surface area contributed by atoms with Crippen molar-refractivity contribution >= 4 is 11.6 Å². The molecule has 0 saturated carbocycles. The van der Waals surface area contributed by atoms with Crippen molar-refractivity contribution in [2.24, 2.45) is 5.73 Å². The number of aliphatic hydroxyl groups is 2. The lowest BCUT2D eigenvalue weighted by molar-refractivity contribution is 0.0887. The summed E-state index contributed by atoms with van der Waals surface area (Å²) in [5.74, 6) is 0. The fourth-order valence-corrected chi connectivity index (χ4v) is 3.18. The number of hydrogen-bond donors (Lipinski definition) is 3. The van der Waals surface area contributed by atoms with E-state index in [1.807, 2.05) is 24.3 Å². The molecule has 2 aromatic rings. The second-order valence-electron chi connectivity index (χ2n) is 7.39. The van der Waals surface area contributed by atoms with E-state index < -0.39 is 11.1 Å². The molecule has 2 unspecified atom stereocenters. The van der Waals surface area contributed by atoms with Crippen LogP contribution in [0.2, 0.25) is 0 Å². The van der Waals surface area contributed by atoms with E-state index in [1.54, 1.807) is 0 Å². The lowest BCUT2D eigenvalue weighted by atomic mass is 9.93. The largest absolute Gasteiger partial charge is 0.394 e. The molecule has 4 N–H and O–H groups in total. The highest BCUT2D eigenvalue weighted by Crippen LogP contribution is 2.19. The van der Waals surface area contributed by atoms with Crippen LogP contribution < -0.4 is 5.73 Å². The summed E-state index contributed by atoms with van der Waals surface area (Å²) in [6.45, 7) is 1.03. The number of aliphatic hydroxyl groups excluding tert-OH is 2. The Morgan fingerprint density at radius 2 is 1.54 bits per heavy atom. The average Bonchev–Trinajstić information content (AvgIpc) is 2.72. The molecule has 0 aliphatic heterocycles. The quantitative estimate of drug-likeness (QED) is 0.350. The van der Waals surface area contributed by atoms with E-state index >= 15 is 0 Å². The predicted molar refractivity (Wildman–Crippen MR) is 114 cm³/mol. The molecular formula is C23H32ClNO3. The molecule has 0 radical (unpaired) electrons. The van der Waals surface area contributed by atoms with Gasteiger partial charge in [0.05, 0.1) is 18.8 Å². The summed E-state index contributed by atoms with van der Waals surface area (Å²) in [6, 6.07) is 18.7. The van der Waals surface area contributed by atoms with Crippen LogP contribution in [0, 0.1) is 0 Å². The topological polar surface area (TPSA) is 75.7 Å². The van der Waals surface area contributed by atoms with Gasteiger partial charge in [0, 0.05) is 6.61 Å². The number of rotatable bonds is 13. The Morgan fingerprint density at radius 1 is 0.893 bits per heavy atom. The van der Waals surface area contributed by atoms with Crippen molar-refractivity contribution in [1.82, 2.24) is 0 Å². The number of benzene rings is 2. The van der Waals surface area contributed by atoms with Crippen LogP contribution in [0.4, 0.5) is 0 Å². The van der Waals surface area contributed by atoms with Crippen LogP contribution in [-0.4, -0.2) is 34.5 Å². The molecule has 0 fully saturated rings. The van der Waals surface area contributed by atoms with Crippen molar-refractivity contribution < 1.29 is 14.9 Å². The van der Waals surface area contributed by atoms with Crippen molar-refractivity contribution in [3.8, 4) is 0 Å². The van der Waals surface area contributed by atoms with Gasteiger partial charge in [-0.3, -0.25) is 0 Å². The minimum atomic E-state index is -1.27. The van der Waals surface area contributed by atoms with Crippen molar-refractivity contribution in [1.29, 1.82) is 0 Å². The van der Waals surface area contributed by atoms with Crippen LogP contribution in [0.25, 0.3) is 0 Å². The van der Waals surface area contributed by atoms with Crippen molar-refractivity contribution in [2.75, 3.05) is 13.2 Å². The first-order valence-electron chi connectivity index (χ1n) is 9.95. The van der Waals surface area contributed by atoms with Crippen molar-refractivity contribution in [3.63, 3.8) is 0 Å². The first-order valence-corrected chi connectivity index (χ1v) is 10.4. The predicted octanol–water partition coefficient (Wildman–Crippen LogP) is 3.80. The number of aryl methyl sites for hydroxylation is 2.